The first-order chi connectivity index (χ1) is 8.58. The summed E-state index contributed by atoms with van der Waals surface area (Å²) in [6.45, 7) is 0. The molecule has 1 rings (SSSR count). The zero-order valence-corrected chi connectivity index (χ0v) is 11.5. The number of amides is 1. The van der Waals surface area contributed by atoms with Crippen molar-refractivity contribution < 1.29 is 4.79 Å². The predicted octanol–water partition coefficient (Wildman–Crippen LogP) is 2.23. The van der Waals surface area contributed by atoms with Crippen LogP contribution in [-0.2, 0) is 4.79 Å². The van der Waals surface area contributed by atoms with E-state index in [0.29, 0.717) is 22.7 Å². The van der Waals surface area contributed by atoms with Gasteiger partial charge in [0.1, 0.15) is 0 Å². The van der Waals surface area contributed by atoms with Gasteiger partial charge in [-0.15, -0.1) is 0 Å². The van der Waals surface area contributed by atoms with Crippen molar-refractivity contribution >= 4 is 35.0 Å². The number of nitrogens with one attached hydrogen (secondary N) is 1. The Bertz CT molecular complexity index is 473. The summed E-state index contributed by atoms with van der Waals surface area (Å²) < 4.78 is 0. The van der Waals surface area contributed by atoms with Gasteiger partial charge in [-0.2, -0.15) is 17.0 Å². The molecular weight excluding hydrogens is 270 g/mol. The first kappa shape index (κ1) is 14.8. The first-order valence-corrected chi connectivity index (χ1v) is 7.10. The van der Waals surface area contributed by atoms with Crippen LogP contribution in [0.1, 0.15) is 12.0 Å². The second kappa shape index (κ2) is 7.27. The lowest BCUT2D eigenvalue weighted by atomic mass is 10.2. The number of benzene rings is 1. The monoisotopic (exact) mass is 283 g/mol. The summed E-state index contributed by atoms with van der Waals surface area (Å²) in [5.41, 5.74) is 6.59. The minimum atomic E-state index is -0.570. The smallest absolute Gasteiger partial charge is 0.241 e. The molecule has 0 aliphatic carbocycles. The highest BCUT2D eigenvalue weighted by Gasteiger charge is 2.14. The minimum absolute atomic E-state index is 0.291. The molecule has 0 saturated carbocycles. The fraction of sp³-hybridized carbons (Fsp3) is 0.333. The molecule has 0 fully saturated rings. The van der Waals surface area contributed by atoms with Crippen LogP contribution in [0, 0.1) is 11.3 Å². The summed E-state index contributed by atoms with van der Waals surface area (Å²) in [5, 5.41) is 11.8. The maximum atomic E-state index is 11.8. The van der Waals surface area contributed by atoms with Gasteiger partial charge in [-0.1, -0.05) is 11.6 Å². The molecule has 18 heavy (non-hydrogen) atoms. The summed E-state index contributed by atoms with van der Waals surface area (Å²) in [7, 11) is 0. The molecule has 0 saturated heterocycles. The molecule has 0 heterocycles. The molecule has 0 aliphatic heterocycles. The van der Waals surface area contributed by atoms with E-state index in [2.05, 4.69) is 5.32 Å². The number of halogens is 1. The first-order valence-electron chi connectivity index (χ1n) is 5.33. The van der Waals surface area contributed by atoms with Gasteiger partial charge in [0, 0.05) is 0 Å². The number of thioether (sulfide) groups is 1. The summed E-state index contributed by atoms with van der Waals surface area (Å²) in [6, 6.07) is 6.11. The maximum absolute atomic E-state index is 11.8. The molecule has 0 unspecified atom stereocenters. The Hall–Kier alpha value is -1.22. The number of carbonyl (C=O) groups is 1. The Morgan fingerprint density at radius 3 is 3.00 bits per heavy atom. The normalized spacial score (nSPS) is 11.7. The third kappa shape index (κ3) is 4.22. The van der Waals surface area contributed by atoms with Crippen molar-refractivity contribution in [3.05, 3.63) is 28.8 Å². The van der Waals surface area contributed by atoms with E-state index in [0.717, 1.165) is 5.75 Å². The number of hydrogen-bond acceptors (Lipinski definition) is 4. The fourth-order valence-electron chi connectivity index (χ4n) is 1.29. The van der Waals surface area contributed by atoms with Gasteiger partial charge >= 0.3 is 0 Å². The van der Waals surface area contributed by atoms with Gasteiger partial charge in [-0.3, -0.25) is 4.79 Å². The van der Waals surface area contributed by atoms with Crippen molar-refractivity contribution in [3.63, 3.8) is 0 Å². The summed E-state index contributed by atoms with van der Waals surface area (Å²) in [5.74, 6) is 0.529. The Kier molecular flexibility index (Phi) is 5.99. The zero-order chi connectivity index (χ0) is 13.5. The second-order valence-electron chi connectivity index (χ2n) is 3.68. The van der Waals surface area contributed by atoms with Crippen LogP contribution in [0.3, 0.4) is 0 Å². The maximum Gasteiger partial charge on any atom is 0.241 e. The number of anilines is 1. The van der Waals surface area contributed by atoms with Crippen molar-refractivity contribution in [2.75, 3.05) is 17.3 Å². The van der Waals surface area contributed by atoms with Gasteiger partial charge in [0.05, 0.1) is 28.4 Å². The largest absolute Gasteiger partial charge is 0.323 e. The Labute approximate surface area is 115 Å². The molecule has 1 aromatic rings. The molecule has 96 valence electrons. The van der Waals surface area contributed by atoms with Crippen molar-refractivity contribution in [2.45, 2.75) is 12.5 Å². The molecule has 0 spiro atoms. The van der Waals surface area contributed by atoms with Crippen molar-refractivity contribution in [2.24, 2.45) is 5.73 Å². The van der Waals surface area contributed by atoms with E-state index in [4.69, 9.17) is 22.6 Å². The van der Waals surface area contributed by atoms with Gasteiger partial charge in [0.2, 0.25) is 5.91 Å². The molecule has 1 amide bonds. The number of nitrogens with two attached hydrogens (primary N) is 1. The average molecular weight is 284 g/mol. The molecule has 1 aromatic carbocycles. The number of carbonyl (C=O) groups excluding carboxylic acids is 1. The predicted molar refractivity (Wildman–Crippen MR) is 75.8 cm³/mol. The third-order valence-corrected chi connectivity index (χ3v) is 3.30. The molecule has 0 radical (unpaired) electrons. The Morgan fingerprint density at radius 1 is 1.67 bits per heavy atom. The van der Waals surface area contributed by atoms with Crippen molar-refractivity contribution in [1.29, 1.82) is 5.26 Å². The van der Waals surface area contributed by atoms with Crippen LogP contribution >= 0.6 is 23.4 Å². The molecule has 1 atom stereocenters. The highest BCUT2D eigenvalue weighted by Crippen LogP contribution is 2.23. The second-order valence-corrected chi connectivity index (χ2v) is 5.08. The van der Waals surface area contributed by atoms with Gasteiger partial charge in [0.25, 0.3) is 0 Å². The van der Waals surface area contributed by atoms with Crippen LogP contribution in [-0.4, -0.2) is 24.0 Å². The zero-order valence-electron chi connectivity index (χ0n) is 9.94. The minimum Gasteiger partial charge on any atom is -0.323 e. The molecule has 4 nitrogen and oxygen atoms in total. The van der Waals surface area contributed by atoms with E-state index in [1.165, 1.54) is 6.07 Å². The summed E-state index contributed by atoms with van der Waals surface area (Å²) in [4.78, 5) is 11.8. The fourth-order valence-corrected chi connectivity index (χ4v) is 1.95. The summed E-state index contributed by atoms with van der Waals surface area (Å²) in [6.07, 6.45) is 2.56. The van der Waals surface area contributed by atoms with Crippen LogP contribution in [0.5, 0.6) is 0 Å². The lowest BCUT2D eigenvalue weighted by Crippen LogP contribution is -2.36. The lowest BCUT2D eigenvalue weighted by molar-refractivity contribution is -0.117. The van der Waals surface area contributed by atoms with E-state index < -0.39 is 6.04 Å². The number of hydrogen-bond donors (Lipinski definition) is 2. The quantitative estimate of drug-likeness (QED) is 0.868. The number of rotatable bonds is 5. The van der Waals surface area contributed by atoms with Gasteiger partial charge in [-0.25, -0.2) is 0 Å². The number of nitrogens with zero attached hydrogens (tertiary/aromatic N) is 1. The van der Waals surface area contributed by atoms with E-state index in [-0.39, 0.29) is 5.91 Å². The van der Waals surface area contributed by atoms with Crippen LogP contribution < -0.4 is 11.1 Å². The Balaban J connectivity index is 2.72. The van der Waals surface area contributed by atoms with Crippen molar-refractivity contribution in [3.8, 4) is 6.07 Å². The van der Waals surface area contributed by atoms with Crippen LogP contribution in [0.2, 0.25) is 5.02 Å². The molecule has 0 aromatic heterocycles. The van der Waals surface area contributed by atoms with E-state index >= 15 is 0 Å². The van der Waals surface area contributed by atoms with Crippen LogP contribution in [0.4, 0.5) is 5.69 Å². The summed E-state index contributed by atoms with van der Waals surface area (Å²) >= 11 is 7.57. The Morgan fingerprint density at radius 2 is 2.39 bits per heavy atom. The SMILES string of the molecule is CSCC[C@H](N)C(=O)Nc1cc(C#N)ccc1Cl. The number of nitriles is 1. The molecular formula is C12H14ClN3OS. The van der Waals surface area contributed by atoms with Gasteiger partial charge in [0.15, 0.2) is 0 Å². The van der Waals surface area contributed by atoms with E-state index in [9.17, 15) is 4.79 Å². The van der Waals surface area contributed by atoms with Crippen LogP contribution in [0.25, 0.3) is 0 Å². The molecule has 6 heteroatoms. The molecule has 0 bridgehead atoms. The van der Waals surface area contributed by atoms with Crippen LogP contribution in [0.15, 0.2) is 18.2 Å². The lowest BCUT2D eigenvalue weighted by Gasteiger charge is -2.12. The average Bonchev–Trinajstić information content (AvgIpc) is 2.38. The standard InChI is InChI=1S/C12H14ClN3OS/c1-18-5-4-10(15)12(17)16-11-6-8(7-14)2-3-9(11)13/h2-3,6,10H,4-5,15H2,1H3,(H,16,17)/t10-/m0/s1. The van der Waals surface area contributed by atoms with Crippen molar-refractivity contribution in [1.82, 2.24) is 0 Å². The van der Waals surface area contributed by atoms with Gasteiger partial charge < -0.3 is 11.1 Å². The topological polar surface area (TPSA) is 78.9 Å². The van der Waals surface area contributed by atoms with Gasteiger partial charge in [-0.05, 0) is 36.6 Å². The molecule has 3 N–H and O–H groups in total. The van der Waals surface area contributed by atoms with E-state index in [1.807, 2.05) is 12.3 Å². The highest BCUT2D eigenvalue weighted by atomic mass is 35.5. The molecule has 0 aliphatic rings. The van der Waals surface area contributed by atoms with E-state index in [1.54, 1.807) is 23.9 Å². The third-order valence-electron chi connectivity index (χ3n) is 2.32. The highest BCUT2D eigenvalue weighted by molar-refractivity contribution is 7.98.